The van der Waals surface area contributed by atoms with E-state index in [-0.39, 0.29) is 29.7 Å². The number of rotatable bonds is 7. The number of carbonyl (C=O) groups excluding carboxylic acids is 2. The SMILES string of the molecule is COc1ccc(C(C)=O)cc1Cn1c(C)c(C(=O)NCc2ccc3c(c2)OCCO3)sc1=O. The maximum absolute atomic E-state index is 12.8. The molecule has 4 rings (SSSR count). The van der Waals surface area contributed by atoms with Gasteiger partial charge in [-0.05, 0) is 49.7 Å². The second-order valence-electron chi connectivity index (χ2n) is 7.61. The van der Waals surface area contributed by atoms with Crippen LogP contribution >= 0.6 is 11.3 Å². The van der Waals surface area contributed by atoms with Crippen molar-refractivity contribution in [2.45, 2.75) is 26.9 Å². The normalized spacial score (nSPS) is 12.3. The van der Waals surface area contributed by atoms with E-state index < -0.39 is 0 Å². The Morgan fingerprint density at radius 3 is 2.61 bits per heavy atom. The molecule has 3 aromatic rings. The molecule has 1 aliphatic rings. The van der Waals surface area contributed by atoms with Crippen molar-refractivity contribution in [3.8, 4) is 17.2 Å². The summed E-state index contributed by atoms with van der Waals surface area (Å²) in [4.78, 5) is 37.4. The van der Waals surface area contributed by atoms with Crippen LogP contribution in [0.15, 0.2) is 41.2 Å². The molecule has 0 radical (unpaired) electrons. The monoisotopic (exact) mass is 468 g/mol. The van der Waals surface area contributed by atoms with Crippen molar-refractivity contribution in [2.75, 3.05) is 20.3 Å². The summed E-state index contributed by atoms with van der Waals surface area (Å²) in [5.41, 5.74) is 2.64. The lowest BCUT2D eigenvalue weighted by Crippen LogP contribution is -2.23. The number of amides is 1. The fourth-order valence-corrected chi connectivity index (χ4v) is 4.53. The summed E-state index contributed by atoms with van der Waals surface area (Å²) in [6.07, 6.45) is 0. The Kier molecular flexibility index (Phi) is 6.50. The zero-order chi connectivity index (χ0) is 23.5. The van der Waals surface area contributed by atoms with Gasteiger partial charge in [0.25, 0.3) is 5.91 Å². The van der Waals surface area contributed by atoms with Gasteiger partial charge in [0.15, 0.2) is 17.3 Å². The van der Waals surface area contributed by atoms with E-state index in [4.69, 9.17) is 14.2 Å². The lowest BCUT2D eigenvalue weighted by Gasteiger charge is -2.19. The third-order valence-corrected chi connectivity index (χ3v) is 6.50. The van der Waals surface area contributed by atoms with Crippen molar-refractivity contribution < 1.29 is 23.8 Å². The molecule has 33 heavy (non-hydrogen) atoms. The van der Waals surface area contributed by atoms with Gasteiger partial charge >= 0.3 is 4.87 Å². The van der Waals surface area contributed by atoms with Crippen molar-refractivity contribution in [2.24, 2.45) is 0 Å². The smallest absolute Gasteiger partial charge is 0.308 e. The number of hydrogen-bond acceptors (Lipinski definition) is 7. The van der Waals surface area contributed by atoms with Gasteiger partial charge in [-0.25, -0.2) is 0 Å². The molecule has 1 aliphatic heterocycles. The van der Waals surface area contributed by atoms with Crippen LogP contribution in [0.5, 0.6) is 17.2 Å². The molecule has 0 atom stereocenters. The van der Waals surface area contributed by atoms with Crippen LogP contribution in [-0.2, 0) is 13.1 Å². The number of nitrogens with one attached hydrogen (secondary N) is 1. The number of thiazole rings is 1. The number of hydrogen-bond donors (Lipinski definition) is 1. The Bertz CT molecular complexity index is 1280. The van der Waals surface area contributed by atoms with Crippen molar-refractivity contribution in [3.63, 3.8) is 0 Å². The molecule has 0 fully saturated rings. The lowest BCUT2D eigenvalue weighted by atomic mass is 10.1. The molecule has 8 nitrogen and oxygen atoms in total. The van der Waals surface area contributed by atoms with Gasteiger partial charge in [0.05, 0.1) is 13.7 Å². The average molecular weight is 469 g/mol. The van der Waals surface area contributed by atoms with Crippen LogP contribution in [0.3, 0.4) is 0 Å². The number of ketones is 1. The number of aromatic nitrogens is 1. The van der Waals surface area contributed by atoms with Crippen LogP contribution in [0.2, 0.25) is 0 Å². The number of carbonyl (C=O) groups is 2. The van der Waals surface area contributed by atoms with E-state index in [1.54, 1.807) is 25.1 Å². The molecule has 172 valence electrons. The lowest BCUT2D eigenvalue weighted by molar-refractivity contribution is 0.0952. The molecule has 1 aromatic heterocycles. The molecule has 2 heterocycles. The summed E-state index contributed by atoms with van der Waals surface area (Å²) in [6, 6.07) is 10.6. The first kappa shape index (κ1) is 22.6. The summed E-state index contributed by atoms with van der Waals surface area (Å²) >= 11 is 0.893. The van der Waals surface area contributed by atoms with Gasteiger partial charge in [0, 0.05) is 23.4 Å². The molecule has 0 unspecified atom stereocenters. The standard InChI is InChI=1S/C24H24N2O6S/c1-14-22(23(28)25-12-16-4-6-20-21(10-16)32-9-8-31-20)33-24(29)26(14)13-18-11-17(15(2)27)5-7-19(18)30-3/h4-7,10-11H,8-9,12-13H2,1-3H3,(H,25,28). The quantitative estimate of drug-likeness (QED) is 0.535. The summed E-state index contributed by atoms with van der Waals surface area (Å²) in [7, 11) is 1.53. The van der Waals surface area contributed by atoms with E-state index in [0.29, 0.717) is 52.2 Å². The molecule has 1 N–H and O–H groups in total. The first-order valence-electron chi connectivity index (χ1n) is 10.4. The molecule has 0 saturated heterocycles. The van der Waals surface area contributed by atoms with Crippen LogP contribution in [0.25, 0.3) is 0 Å². The fourth-order valence-electron chi connectivity index (χ4n) is 3.62. The second kappa shape index (κ2) is 9.50. The van der Waals surface area contributed by atoms with Crippen molar-refractivity contribution >= 4 is 23.0 Å². The second-order valence-corrected chi connectivity index (χ2v) is 8.57. The zero-order valence-electron chi connectivity index (χ0n) is 18.6. The number of Topliss-reactive ketones (excluding diaryl/α,β-unsaturated/α-hetero) is 1. The molecule has 0 spiro atoms. The summed E-state index contributed by atoms with van der Waals surface area (Å²) in [6.45, 7) is 4.71. The van der Waals surface area contributed by atoms with Gasteiger partial charge < -0.3 is 19.5 Å². The maximum Gasteiger partial charge on any atom is 0.308 e. The predicted molar refractivity (Wildman–Crippen MR) is 124 cm³/mol. The molecule has 0 aliphatic carbocycles. The molecular formula is C24H24N2O6S. The predicted octanol–water partition coefficient (Wildman–Crippen LogP) is 3.18. The molecule has 9 heteroatoms. The number of fused-ring (bicyclic) bond motifs is 1. The van der Waals surface area contributed by atoms with Crippen LogP contribution in [0.1, 0.15) is 43.8 Å². The first-order chi connectivity index (χ1) is 15.9. The van der Waals surface area contributed by atoms with Gasteiger partial charge in [-0.2, -0.15) is 0 Å². The van der Waals surface area contributed by atoms with Gasteiger partial charge in [-0.1, -0.05) is 17.4 Å². The number of benzene rings is 2. The first-order valence-corrected chi connectivity index (χ1v) is 11.2. The molecule has 1 amide bonds. The molecule has 0 bridgehead atoms. The highest BCUT2D eigenvalue weighted by atomic mass is 32.1. The van der Waals surface area contributed by atoms with Crippen LogP contribution < -0.4 is 24.4 Å². The topological polar surface area (TPSA) is 95.9 Å². The zero-order valence-corrected chi connectivity index (χ0v) is 19.4. The van der Waals surface area contributed by atoms with Crippen molar-refractivity contribution in [3.05, 3.63) is 73.3 Å². The van der Waals surface area contributed by atoms with Gasteiger partial charge in [-0.15, -0.1) is 0 Å². The van der Waals surface area contributed by atoms with Gasteiger partial charge in [0.2, 0.25) is 0 Å². The van der Waals surface area contributed by atoms with Crippen LogP contribution in [0.4, 0.5) is 0 Å². The van der Waals surface area contributed by atoms with Crippen molar-refractivity contribution in [1.82, 2.24) is 9.88 Å². The Labute approximate surface area is 194 Å². The number of ether oxygens (including phenoxy) is 3. The summed E-state index contributed by atoms with van der Waals surface area (Å²) in [5, 5.41) is 2.87. The van der Waals surface area contributed by atoms with Crippen LogP contribution in [-0.4, -0.2) is 36.6 Å². The average Bonchev–Trinajstić information content (AvgIpc) is 3.10. The van der Waals surface area contributed by atoms with E-state index in [9.17, 15) is 14.4 Å². The summed E-state index contributed by atoms with van der Waals surface area (Å²) in [5.74, 6) is 1.51. The molecule has 0 saturated carbocycles. The number of methoxy groups -OCH3 is 1. The Morgan fingerprint density at radius 1 is 1.12 bits per heavy atom. The highest BCUT2D eigenvalue weighted by Crippen LogP contribution is 2.30. The van der Waals surface area contributed by atoms with E-state index in [1.807, 2.05) is 18.2 Å². The number of nitrogens with zero attached hydrogens (tertiary/aromatic N) is 1. The van der Waals surface area contributed by atoms with Gasteiger partial charge in [0.1, 0.15) is 23.8 Å². The highest BCUT2D eigenvalue weighted by Gasteiger charge is 2.20. The van der Waals surface area contributed by atoms with E-state index >= 15 is 0 Å². The van der Waals surface area contributed by atoms with Gasteiger partial charge in [-0.3, -0.25) is 19.0 Å². The third kappa shape index (κ3) is 4.78. The Hall–Kier alpha value is -3.59. The van der Waals surface area contributed by atoms with E-state index in [0.717, 1.165) is 16.9 Å². The molecular weight excluding hydrogens is 444 g/mol. The third-order valence-electron chi connectivity index (χ3n) is 5.42. The minimum absolute atomic E-state index is 0.0764. The highest BCUT2D eigenvalue weighted by molar-refractivity contribution is 7.11. The van der Waals surface area contributed by atoms with E-state index in [1.165, 1.54) is 18.6 Å². The van der Waals surface area contributed by atoms with Crippen LogP contribution in [0, 0.1) is 6.92 Å². The Balaban J connectivity index is 1.52. The fraction of sp³-hybridized carbons (Fsp3) is 0.292. The minimum atomic E-state index is -0.326. The Morgan fingerprint density at radius 2 is 1.88 bits per heavy atom. The largest absolute Gasteiger partial charge is 0.496 e. The molecule has 2 aromatic carbocycles. The summed E-state index contributed by atoms with van der Waals surface area (Å²) < 4.78 is 18.0. The van der Waals surface area contributed by atoms with Crippen molar-refractivity contribution in [1.29, 1.82) is 0 Å². The van der Waals surface area contributed by atoms with E-state index in [2.05, 4.69) is 5.32 Å². The maximum atomic E-state index is 12.8. The minimum Gasteiger partial charge on any atom is -0.496 e.